The van der Waals surface area contributed by atoms with Crippen molar-refractivity contribution in [1.29, 1.82) is 0 Å². The first-order valence-corrected chi connectivity index (χ1v) is 24.3. The molecule has 2 aliphatic carbocycles. The molecule has 1 saturated heterocycles. The Labute approximate surface area is 390 Å². The van der Waals surface area contributed by atoms with Gasteiger partial charge < -0.3 is 60.0 Å². The molecule has 2 fully saturated rings. The first-order chi connectivity index (χ1) is 31.6. The molecule has 366 valence electrons. The predicted octanol–water partition coefficient (Wildman–Crippen LogP) is 5.25. The van der Waals surface area contributed by atoms with E-state index in [1.807, 2.05) is 18.2 Å². The van der Waals surface area contributed by atoms with Gasteiger partial charge in [0.15, 0.2) is 23.7 Å². The highest BCUT2D eigenvalue weighted by Gasteiger charge is 2.60. The number of benzene rings is 2. The van der Waals surface area contributed by atoms with E-state index < -0.39 is 60.4 Å². The van der Waals surface area contributed by atoms with Crippen molar-refractivity contribution in [2.75, 3.05) is 26.9 Å². The smallest absolute Gasteiger partial charge is 0.334 e. The number of carbonyl (C=O) groups excluding carboxylic acids is 2. The van der Waals surface area contributed by atoms with Crippen LogP contribution in [0.1, 0.15) is 120 Å². The molecule has 2 aromatic rings. The van der Waals surface area contributed by atoms with Crippen LogP contribution >= 0.6 is 0 Å². The quantitative estimate of drug-likeness (QED) is 0.0455. The van der Waals surface area contributed by atoms with E-state index in [2.05, 4.69) is 26.1 Å². The number of fused-ring (bicyclic) bond motifs is 3. The number of carbonyl (C=O) groups is 2. The number of nitrogens with one attached hydrogen (secondary N) is 1. The summed E-state index contributed by atoms with van der Waals surface area (Å²) < 4.78 is 23.8. The van der Waals surface area contributed by atoms with E-state index in [0.717, 1.165) is 48.8 Å². The third-order valence-electron chi connectivity index (χ3n) is 14.4. The lowest BCUT2D eigenvalue weighted by atomic mass is 9.70. The van der Waals surface area contributed by atoms with Crippen LogP contribution in [-0.4, -0.2) is 123 Å². The number of rotatable bonds is 21. The molecule has 1 saturated carbocycles. The Morgan fingerprint density at radius 2 is 1.80 bits per heavy atom. The van der Waals surface area contributed by atoms with Crippen LogP contribution < -0.4 is 10.1 Å². The molecule has 4 aliphatic rings. The Morgan fingerprint density at radius 3 is 2.48 bits per heavy atom. The van der Waals surface area contributed by atoms with Gasteiger partial charge in [0.2, 0.25) is 5.79 Å². The second-order valence-electron chi connectivity index (χ2n) is 19.8. The minimum Gasteiger partial charge on any atom is -0.504 e. The Bertz CT molecular complexity index is 1980. The fraction of sp³-hybridized carbons (Fsp3) is 0.654. The van der Waals surface area contributed by atoms with Gasteiger partial charge in [0.25, 0.3) is 0 Å². The average Bonchev–Trinajstić information content (AvgIpc) is 3.28. The third kappa shape index (κ3) is 12.6. The Morgan fingerprint density at radius 1 is 1.02 bits per heavy atom. The van der Waals surface area contributed by atoms with Crippen molar-refractivity contribution in [3.63, 3.8) is 0 Å². The van der Waals surface area contributed by atoms with Crippen molar-refractivity contribution in [2.45, 2.75) is 159 Å². The van der Waals surface area contributed by atoms with Gasteiger partial charge in [-0.15, -0.1) is 0 Å². The standard InChI is InChI=1S/C52H75NO13/c1-6-7-34(36-12-13-37(22-30(2)3)44(58)27-36)15-17-46(59)64-49-47(60)48-42(53-28-31(4)56)18-20-52(62,66-48)50(49)65-51(61)39(23-33-9-16-43(57)45(25-33)63-5)26-41-38(29-55)14-11-35-10-8-32(19-21-54)24-40(35)41/h8-10,16,18,20,23-25,30-31,34,36-38,41-42,44,47-50,53-58,60,62H,6-7,11-15,17,19,21-22,26-29H2,1-5H3/b39-23+/t31-,34+,36-,37-,38-,41-,42+,44-,47-,48-,49+,50+,52+/m0/s1. The molecule has 2 bridgehead atoms. The van der Waals surface area contributed by atoms with Crippen LogP contribution in [0.4, 0.5) is 0 Å². The lowest BCUT2D eigenvalue weighted by Crippen LogP contribution is -2.71. The van der Waals surface area contributed by atoms with Crippen LogP contribution in [0.25, 0.3) is 6.08 Å². The van der Waals surface area contributed by atoms with Gasteiger partial charge in [-0.2, -0.15) is 0 Å². The van der Waals surface area contributed by atoms with Crippen LogP contribution in [0.3, 0.4) is 0 Å². The zero-order valence-corrected chi connectivity index (χ0v) is 39.4. The summed E-state index contributed by atoms with van der Waals surface area (Å²) in [5.41, 5.74) is 3.51. The number of hydrogen-bond donors (Lipinski definition) is 8. The van der Waals surface area contributed by atoms with Gasteiger partial charge in [0.1, 0.15) is 12.2 Å². The Kier molecular flexibility index (Phi) is 18.3. The monoisotopic (exact) mass is 922 g/mol. The van der Waals surface area contributed by atoms with Gasteiger partial charge in [-0.25, -0.2) is 4.79 Å². The Hall–Kier alpha value is -3.86. The van der Waals surface area contributed by atoms with E-state index in [1.54, 1.807) is 31.2 Å². The molecular formula is C52H75NO13. The van der Waals surface area contributed by atoms with E-state index in [1.165, 1.54) is 19.3 Å². The maximum absolute atomic E-state index is 14.9. The number of methoxy groups -OCH3 is 1. The number of phenolic OH excluding ortho intramolecular Hbond substituents is 1. The number of aliphatic hydroxyl groups is 6. The van der Waals surface area contributed by atoms with Gasteiger partial charge in [-0.1, -0.05) is 64.0 Å². The molecule has 0 amide bonds. The normalized spacial score (nSPS) is 30.6. The molecule has 8 N–H and O–H groups in total. The summed E-state index contributed by atoms with van der Waals surface area (Å²) in [5.74, 6) is -3.29. The molecule has 0 aromatic heterocycles. The third-order valence-corrected chi connectivity index (χ3v) is 14.4. The van der Waals surface area contributed by atoms with E-state index in [9.17, 15) is 45.3 Å². The van der Waals surface area contributed by atoms with Gasteiger partial charge >= 0.3 is 11.9 Å². The molecule has 6 rings (SSSR count). The summed E-state index contributed by atoms with van der Waals surface area (Å²) in [6.07, 6.45) is 4.93. The van der Waals surface area contributed by atoms with E-state index in [-0.39, 0.29) is 79.3 Å². The molecule has 13 atom stereocenters. The maximum atomic E-state index is 14.9. The molecule has 2 aromatic carbocycles. The fourth-order valence-electron chi connectivity index (χ4n) is 11.0. The van der Waals surface area contributed by atoms with Crippen LogP contribution in [0, 0.1) is 29.6 Å². The fourth-order valence-corrected chi connectivity index (χ4v) is 11.0. The molecule has 2 heterocycles. The summed E-state index contributed by atoms with van der Waals surface area (Å²) in [7, 11) is 1.41. The van der Waals surface area contributed by atoms with Crippen LogP contribution in [0.2, 0.25) is 0 Å². The topological polar surface area (TPSA) is 225 Å². The highest BCUT2D eigenvalue weighted by atomic mass is 16.7. The predicted molar refractivity (Wildman–Crippen MR) is 248 cm³/mol. The minimum atomic E-state index is -2.35. The van der Waals surface area contributed by atoms with Gasteiger partial charge in [-0.3, -0.25) is 4.79 Å². The summed E-state index contributed by atoms with van der Waals surface area (Å²) in [6, 6.07) is 9.88. The maximum Gasteiger partial charge on any atom is 0.334 e. The van der Waals surface area contributed by atoms with Crippen LogP contribution in [0.15, 0.2) is 54.1 Å². The van der Waals surface area contributed by atoms with Crippen LogP contribution in [-0.2, 0) is 36.6 Å². The molecule has 0 radical (unpaired) electrons. The number of aromatic hydroxyl groups is 1. The number of aryl methyl sites for hydroxylation is 1. The number of phenols is 1. The molecule has 14 heteroatoms. The highest BCUT2D eigenvalue weighted by Crippen LogP contribution is 2.44. The molecule has 14 nitrogen and oxygen atoms in total. The second-order valence-corrected chi connectivity index (χ2v) is 19.8. The van der Waals surface area contributed by atoms with Crippen molar-refractivity contribution >= 4 is 18.0 Å². The zero-order valence-electron chi connectivity index (χ0n) is 39.4. The number of esters is 2. The van der Waals surface area contributed by atoms with Crippen molar-refractivity contribution < 1.29 is 64.3 Å². The van der Waals surface area contributed by atoms with Gasteiger partial charge in [-0.05, 0) is 147 Å². The first-order valence-electron chi connectivity index (χ1n) is 24.3. The summed E-state index contributed by atoms with van der Waals surface area (Å²) in [5, 5.41) is 79.4. The SMILES string of the molecule is CCC[C@H](CCC(=O)O[C@@H]1[C@@H](O)[C@H]2O[C@](O)(C=C[C@H]2NC[C@H](C)O)[C@@H]1OC(=O)/C(=C/c1ccc(O)c(OC)c1)C[C@@H]1c2cc(CCO)ccc2CC[C@H]1CO)[C@H]1CC[C@@H](CC(C)C)[C@@H](O)C1. The van der Waals surface area contributed by atoms with Crippen molar-refractivity contribution in [2.24, 2.45) is 29.6 Å². The van der Waals surface area contributed by atoms with Gasteiger partial charge in [0, 0.05) is 31.8 Å². The number of hydrogen-bond acceptors (Lipinski definition) is 14. The van der Waals surface area contributed by atoms with E-state index in [4.69, 9.17) is 18.9 Å². The lowest BCUT2D eigenvalue weighted by molar-refractivity contribution is -0.333. The molecule has 66 heavy (non-hydrogen) atoms. The second kappa shape index (κ2) is 23.4. The average molecular weight is 922 g/mol. The first kappa shape index (κ1) is 51.5. The zero-order chi connectivity index (χ0) is 47.7. The molecular weight excluding hydrogens is 847 g/mol. The summed E-state index contributed by atoms with van der Waals surface area (Å²) >= 11 is 0. The number of ether oxygens (including phenoxy) is 4. The van der Waals surface area contributed by atoms with Crippen molar-refractivity contribution in [3.8, 4) is 11.5 Å². The summed E-state index contributed by atoms with van der Waals surface area (Å²) in [4.78, 5) is 28.9. The molecule has 0 unspecified atom stereocenters. The van der Waals surface area contributed by atoms with Crippen molar-refractivity contribution in [1.82, 2.24) is 5.32 Å². The van der Waals surface area contributed by atoms with E-state index >= 15 is 0 Å². The highest BCUT2D eigenvalue weighted by molar-refractivity contribution is 5.94. The molecule has 0 spiro atoms. The van der Waals surface area contributed by atoms with Gasteiger partial charge in [0.05, 0.1) is 25.4 Å². The number of aliphatic hydroxyl groups excluding tert-OH is 5. The summed E-state index contributed by atoms with van der Waals surface area (Å²) in [6.45, 7) is 7.97. The van der Waals surface area contributed by atoms with E-state index in [0.29, 0.717) is 43.6 Å². The molecule has 2 aliphatic heterocycles. The largest absolute Gasteiger partial charge is 0.504 e. The van der Waals surface area contributed by atoms with Crippen molar-refractivity contribution in [3.05, 3.63) is 76.4 Å². The lowest BCUT2D eigenvalue weighted by Gasteiger charge is -2.51. The minimum absolute atomic E-state index is 0.00415. The Balaban J connectivity index is 1.31. The van der Waals surface area contributed by atoms with Crippen LogP contribution in [0.5, 0.6) is 11.5 Å².